The number of phosphoric acid groups is 1. The molecule has 6 atom stereocenters. The van der Waals surface area contributed by atoms with Crippen molar-refractivity contribution in [2.24, 2.45) is 0 Å². The number of halogens is 4. The van der Waals surface area contributed by atoms with E-state index < -0.39 is 73.4 Å². The normalized spacial score (nSPS) is 20.1. The number of nitro groups is 1. The van der Waals surface area contributed by atoms with E-state index in [1.807, 2.05) is 0 Å². The number of nitro benzene ring substituents is 1. The number of nitrogen functional groups attached to an aromatic ring is 1. The monoisotopic (exact) mass is 1080 g/mol. The number of nitrogens with zero attached hydrogens (tertiary/aromatic N) is 5. The number of anilines is 1. The molecule has 394 valence electrons. The standard InChI is InChI=1S/C49H67F2N6O11P.2ClH.Mg/c1-4-5-6-7-8-9-10-11-12-13-14-15-16-17-18-19-28-61-31-39(62-30-36-20-25-40(50)41(51)29-36)32-63-69(60,68-38-23-21-37(22-24-38)57(58)59)64-33-43-45-46(67-48(2,3)66-45)49(34-52,65-43)44-27-26-42-47(53)54-35-55-56(42)44;;;/h20-27,29,35,39,43,45-46H,4-19,28,30-33H2,1-3H3,(H2,53,54,55);2*1H;/q;;;+2/p-2/t39-,43-,45-,46-,49+,69?;;;/m1.../s1. The fourth-order valence-electron chi connectivity index (χ4n) is 8.61. The van der Waals surface area contributed by atoms with Crippen molar-refractivity contribution in [1.82, 2.24) is 14.6 Å². The van der Waals surface area contributed by atoms with Crippen LogP contribution >= 0.6 is 7.82 Å². The van der Waals surface area contributed by atoms with Gasteiger partial charge in [-0.15, -0.1) is 0 Å². The number of nitrogens with two attached hydrogens (primary N) is 1. The van der Waals surface area contributed by atoms with Gasteiger partial charge in [0.2, 0.25) is 5.60 Å². The summed E-state index contributed by atoms with van der Waals surface area (Å²) in [5.74, 6) is -3.15. The van der Waals surface area contributed by atoms with Crippen LogP contribution < -0.4 is 35.1 Å². The zero-order valence-electron chi connectivity index (χ0n) is 41.4. The summed E-state index contributed by atoms with van der Waals surface area (Å²) in [6, 6.07) is 13.7. The molecule has 2 N–H and O–H groups in total. The van der Waals surface area contributed by atoms with Gasteiger partial charge in [0, 0.05) is 18.7 Å². The summed E-state index contributed by atoms with van der Waals surface area (Å²) in [7, 11) is -4.72. The maximum Gasteiger partial charge on any atom is 2.00 e. The van der Waals surface area contributed by atoms with Crippen LogP contribution in [0, 0.1) is 33.1 Å². The van der Waals surface area contributed by atoms with E-state index >= 15 is 0 Å². The Morgan fingerprint density at radius 3 is 2.08 bits per heavy atom. The summed E-state index contributed by atoms with van der Waals surface area (Å²) in [6.07, 6.45) is 17.0. The second-order valence-electron chi connectivity index (χ2n) is 18.1. The van der Waals surface area contributed by atoms with Crippen molar-refractivity contribution in [3.8, 4) is 11.8 Å². The Morgan fingerprint density at radius 1 is 0.861 bits per heavy atom. The first kappa shape index (κ1) is 63.0. The Hall–Kier alpha value is -3.29. The molecule has 2 aromatic heterocycles. The van der Waals surface area contributed by atoms with Crippen LogP contribution in [0.25, 0.3) is 5.52 Å². The zero-order valence-corrected chi connectivity index (χ0v) is 45.2. The van der Waals surface area contributed by atoms with E-state index in [1.165, 1.54) is 106 Å². The maximum atomic E-state index is 14.7. The van der Waals surface area contributed by atoms with Crippen molar-refractivity contribution in [1.29, 1.82) is 5.26 Å². The largest absolute Gasteiger partial charge is 2.00 e. The number of hydrogen-bond acceptors (Lipinski definition) is 15. The van der Waals surface area contributed by atoms with Gasteiger partial charge in [-0.1, -0.05) is 109 Å². The first-order valence-electron chi connectivity index (χ1n) is 24.3. The van der Waals surface area contributed by atoms with Gasteiger partial charge >= 0.3 is 30.9 Å². The Labute approximate surface area is 449 Å². The number of phosphoric ester groups is 1. The number of aromatic nitrogens is 3. The Bertz CT molecular complexity index is 2360. The van der Waals surface area contributed by atoms with E-state index in [4.69, 9.17) is 43.0 Å². The number of unbranched alkanes of at least 4 members (excludes halogenated alkanes) is 15. The Balaban J connectivity index is 0.00000456. The van der Waals surface area contributed by atoms with Crippen LogP contribution in [0.4, 0.5) is 20.3 Å². The minimum Gasteiger partial charge on any atom is -1.00 e. The third-order valence-corrected chi connectivity index (χ3v) is 13.6. The predicted molar refractivity (Wildman–Crippen MR) is 258 cm³/mol. The molecule has 23 heteroatoms. The third kappa shape index (κ3) is 17.9. The molecule has 2 fully saturated rings. The molecule has 6 rings (SSSR count). The molecule has 1 unspecified atom stereocenters. The summed E-state index contributed by atoms with van der Waals surface area (Å²) < 4.78 is 92.8. The van der Waals surface area contributed by atoms with Gasteiger partial charge in [0.1, 0.15) is 48.1 Å². The van der Waals surface area contributed by atoms with Gasteiger partial charge in [0.15, 0.2) is 23.2 Å². The van der Waals surface area contributed by atoms with E-state index in [0.717, 1.165) is 49.9 Å². The third-order valence-electron chi connectivity index (χ3n) is 12.3. The second-order valence-corrected chi connectivity index (χ2v) is 19.7. The van der Waals surface area contributed by atoms with Gasteiger partial charge in [0.25, 0.3) is 5.69 Å². The van der Waals surface area contributed by atoms with Crippen molar-refractivity contribution in [2.45, 2.75) is 166 Å². The van der Waals surface area contributed by atoms with E-state index in [2.05, 4.69) is 23.1 Å². The molecule has 0 bridgehead atoms. The number of ether oxygens (including phenoxy) is 5. The molecular formula is C49H67Cl2F2MgN6O11P. The van der Waals surface area contributed by atoms with E-state index in [0.29, 0.717) is 17.7 Å². The van der Waals surface area contributed by atoms with Gasteiger partial charge in [-0.2, -0.15) is 10.4 Å². The Kier molecular flexibility index (Phi) is 27.1. The van der Waals surface area contributed by atoms with Crippen molar-refractivity contribution in [2.75, 3.05) is 32.2 Å². The van der Waals surface area contributed by atoms with Crippen molar-refractivity contribution in [3.63, 3.8) is 0 Å². The number of hydrogen-bond donors (Lipinski definition) is 1. The molecule has 0 amide bonds. The minimum absolute atomic E-state index is 0. The van der Waals surface area contributed by atoms with Crippen molar-refractivity contribution < 1.29 is 80.3 Å². The first-order chi connectivity index (χ1) is 33.3. The van der Waals surface area contributed by atoms with E-state index in [9.17, 15) is 28.7 Å². The van der Waals surface area contributed by atoms with Crippen LogP contribution in [0.5, 0.6) is 5.75 Å². The molecule has 2 saturated heterocycles. The molecule has 0 radical (unpaired) electrons. The number of fused-ring (bicyclic) bond motifs is 2. The number of non-ortho nitro benzene ring substituents is 1. The molecule has 4 aromatic rings. The van der Waals surface area contributed by atoms with Gasteiger partial charge in [-0.3, -0.25) is 19.2 Å². The summed E-state index contributed by atoms with van der Waals surface area (Å²) in [4.78, 5) is 14.8. The first-order valence-corrected chi connectivity index (χ1v) is 25.7. The molecule has 17 nitrogen and oxygen atoms in total. The average Bonchev–Trinajstić information content (AvgIpc) is 4.00. The van der Waals surface area contributed by atoms with Crippen LogP contribution in [0.3, 0.4) is 0 Å². The van der Waals surface area contributed by atoms with Crippen molar-refractivity contribution in [3.05, 3.63) is 93.9 Å². The van der Waals surface area contributed by atoms with Gasteiger partial charge < -0.3 is 58.8 Å². The van der Waals surface area contributed by atoms with Crippen LogP contribution in [0.2, 0.25) is 0 Å². The average molecular weight is 1080 g/mol. The topological polar surface area (TPSA) is 214 Å². The van der Waals surface area contributed by atoms with Crippen LogP contribution in [0.1, 0.15) is 135 Å². The molecule has 2 aromatic carbocycles. The summed E-state index contributed by atoms with van der Waals surface area (Å²) in [5.41, 5.74) is 5.06. The second kappa shape index (κ2) is 30.9. The molecule has 2 aliphatic heterocycles. The van der Waals surface area contributed by atoms with E-state index in [-0.39, 0.29) is 84.0 Å². The number of nitriles is 1. The summed E-state index contributed by atoms with van der Waals surface area (Å²) in [5, 5.41) is 26.5. The molecule has 4 heterocycles. The van der Waals surface area contributed by atoms with Gasteiger partial charge in [0.05, 0.1) is 37.0 Å². The fraction of sp³-hybridized carbons (Fsp3) is 0.612. The number of benzene rings is 2. The summed E-state index contributed by atoms with van der Waals surface area (Å²) >= 11 is 0. The molecule has 72 heavy (non-hydrogen) atoms. The molecule has 0 saturated carbocycles. The van der Waals surface area contributed by atoms with E-state index in [1.54, 1.807) is 26.0 Å². The Morgan fingerprint density at radius 2 is 1.49 bits per heavy atom. The predicted octanol–water partition coefficient (Wildman–Crippen LogP) is 4.85. The molecule has 0 spiro atoms. The van der Waals surface area contributed by atoms with Crippen LogP contribution in [-0.4, -0.2) is 99.2 Å². The van der Waals surface area contributed by atoms with Gasteiger partial charge in [-0.25, -0.2) is 22.8 Å². The van der Waals surface area contributed by atoms with Gasteiger partial charge in [-0.05, 0) is 62.2 Å². The maximum absolute atomic E-state index is 14.7. The minimum atomic E-state index is -4.72. The molecule has 2 aliphatic rings. The molecule has 0 aliphatic carbocycles. The number of rotatable bonds is 32. The summed E-state index contributed by atoms with van der Waals surface area (Å²) in [6.45, 7) is 4.86. The quantitative estimate of drug-likeness (QED) is 0.0228. The SMILES string of the molecule is CCCCCCCCCCCCCCCCCCOC[C@H](COP(=O)(OC[C@H]1O[C@@](C#N)(c2ccc3c(N)ncnn23)[C@@H]2OC(C)(C)O[C@@H]21)Oc1ccc([N+](=O)[O-])cc1)OCc1ccc(F)c(F)c1.[Cl-].[Cl-].[Mg+2]. The van der Waals surface area contributed by atoms with Crippen LogP contribution in [0.15, 0.2) is 60.9 Å². The fourth-order valence-corrected chi connectivity index (χ4v) is 9.84. The molecular weight excluding hydrogens is 1010 g/mol. The smallest absolute Gasteiger partial charge is 1.00 e. The van der Waals surface area contributed by atoms with Crippen LogP contribution in [-0.2, 0) is 49.5 Å². The van der Waals surface area contributed by atoms with Crippen molar-refractivity contribution >= 4 is 47.9 Å². The zero-order chi connectivity index (χ0) is 49.3.